The summed E-state index contributed by atoms with van der Waals surface area (Å²) in [5.74, 6) is 0.0307. The van der Waals surface area contributed by atoms with Crippen LogP contribution in [0.3, 0.4) is 0 Å². The van der Waals surface area contributed by atoms with Crippen molar-refractivity contribution in [2.24, 2.45) is 0 Å². The van der Waals surface area contributed by atoms with Gasteiger partial charge < -0.3 is 10.2 Å². The van der Waals surface area contributed by atoms with Crippen LogP contribution in [0.2, 0.25) is 0 Å². The van der Waals surface area contributed by atoms with E-state index in [9.17, 15) is 4.79 Å². The molecule has 6 heteroatoms. The molecule has 4 nitrogen and oxygen atoms in total. The quantitative estimate of drug-likeness (QED) is 0.901. The molecular formula is C17H23N3OS2. The number of nitrogens with one attached hydrogen (secondary N) is 1. The maximum atomic E-state index is 12.4. The predicted molar refractivity (Wildman–Crippen MR) is 97.4 cm³/mol. The van der Waals surface area contributed by atoms with Gasteiger partial charge in [-0.05, 0) is 36.9 Å². The zero-order chi connectivity index (χ0) is 16.2. The first-order valence-corrected chi connectivity index (χ1v) is 9.71. The molecule has 0 bridgehead atoms. The van der Waals surface area contributed by atoms with Crippen molar-refractivity contribution in [3.8, 4) is 0 Å². The van der Waals surface area contributed by atoms with Crippen LogP contribution in [0.4, 0.5) is 0 Å². The molecule has 3 rings (SSSR count). The summed E-state index contributed by atoms with van der Waals surface area (Å²) >= 11 is 3.26. The molecule has 1 aliphatic heterocycles. The van der Waals surface area contributed by atoms with Gasteiger partial charge in [-0.25, -0.2) is 0 Å². The molecular weight excluding hydrogens is 326 g/mol. The Labute approximate surface area is 145 Å². The van der Waals surface area contributed by atoms with Gasteiger partial charge in [0.2, 0.25) is 0 Å². The largest absolute Gasteiger partial charge is 0.347 e. The van der Waals surface area contributed by atoms with E-state index >= 15 is 0 Å². The minimum atomic E-state index is 0.0307. The number of thiophene rings is 2. The molecule has 23 heavy (non-hydrogen) atoms. The third-order valence-corrected chi connectivity index (χ3v) is 6.15. The number of rotatable bonds is 5. The van der Waals surface area contributed by atoms with Crippen molar-refractivity contribution in [2.45, 2.75) is 19.0 Å². The van der Waals surface area contributed by atoms with Crippen LogP contribution in [0.15, 0.2) is 35.0 Å². The monoisotopic (exact) mass is 349 g/mol. The van der Waals surface area contributed by atoms with Gasteiger partial charge in [-0.15, -0.1) is 22.7 Å². The summed E-state index contributed by atoms with van der Waals surface area (Å²) in [4.78, 5) is 19.4. The average molecular weight is 350 g/mol. The van der Waals surface area contributed by atoms with Gasteiger partial charge in [0, 0.05) is 37.1 Å². The van der Waals surface area contributed by atoms with Gasteiger partial charge in [-0.2, -0.15) is 0 Å². The third kappa shape index (κ3) is 4.01. The maximum Gasteiger partial charge on any atom is 0.261 e. The molecule has 1 amide bonds. The van der Waals surface area contributed by atoms with E-state index in [0.29, 0.717) is 0 Å². The minimum absolute atomic E-state index is 0.0307. The molecule has 1 N–H and O–H groups in total. The lowest BCUT2D eigenvalue weighted by atomic mass is 10.0. The summed E-state index contributed by atoms with van der Waals surface area (Å²) in [6.07, 6.45) is 0. The molecule has 2 aromatic rings. The lowest BCUT2D eigenvalue weighted by Gasteiger charge is -2.40. The van der Waals surface area contributed by atoms with Crippen LogP contribution < -0.4 is 5.32 Å². The van der Waals surface area contributed by atoms with Gasteiger partial charge in [0.05, 0.1) is 10.9 Å². The Morgan fingerprint density at radius 3 is 2.43 bits per heavy atom. The fraction of sp³-hybridized carbons (Fsp3) is 0.471. The van der Waals surface area contributed by atoms with E-state index in [1.807, 2.05) is 17.5 Å². The van der Waals surface area contributed by atoms with Crippen molar-refractivity contribution in [3.63, 3.8) is 0 Å². The topological polar surface area (TPSA) is 35.6 Å². The molecule has 0 spiro atoms. The van der Waals surface area contributed by atoms with Crippen molar-refractivity contribution >= 4 is 28.6 Å². The van der Waals surface area contributed by atoms with Gasteiger partial charge in [0.25, 0.3) is 5.91 Å². The zero-order valence-electron chi connectivity index (χ0n) is 13.6. The van der Waals surface area contributed by atoms with Crippen LogP contribution >= 0.6 is 22.7 Å². The number of carbonyl (C=O) groups excluding carboxylic acids is 1. The molecule has 124 valence electrons. The predicted octanol–water partition coefficient (Wildman–Crippen LogP) is 2.92. The van der Waals surface area contributed by atoms with Gasteiger partial charge in [-0.1, -0.05) is 12.1 Å². The molecule has 1 fully saturated rings. The number of hydrogen-bond donors (Lipinski definition) is 1. The van der Waals surface area contributed by atoms with Crippen LogP contribution in [0, 0.1) is 0 Å². The summed E-state index contributed by atoms with van der Waals surface area (Å²) in [7, 11) is 2.17. The number of nitrogens with zero attached hydrogens (tertiary/aromatic N) is 2. The molecule has 3 heterocycles. The van der Waals surface area contributed by atoms with Gasteiger partial charge in [-0.3, -0.25) is 9.69 Å². The molecule has 1 saturated heterocycles. The second kappa shape index (κ2) is 7.57. The first kappa shape index (κ1) is 16.6. The molecule has 1 aliphatic rings. The molecule has 0 aromatic carbocycles. The Morgan fingerprint density at radius 1 is 1.13 bits per heavy atom. The Kier molecular flexibility index (Phi) is 5.48. The molecule has 2 unspecified atom stereocenters. The van der Waals surface area contributed by atoms with E-state index in [4.69, 9.17) is 0 Å². The van der Waals surface area contributed by atoms with E-state index in [1.165, 1.54) is 16.2 Å². The van der Waals surface area contributed by atoms with E-state index < -0.39 is 0 Å². The zero-order valence-corrected chi connectivity index (χ0v) is 15.2. The van der Waals surface area contributed by atoms with Crippen molar-refractivity contribution in [3.05, 3.63) is 44.8 Å². The number of amides is 1. The highest BCUT2D eigenvalue weighted by Gasteiger charge is 2.30. The summed E-state index contributed by atoms with van der Waals surface area (Å²) in [5, 5.41) is 7.26. The Balaban J connectivity index is 1.74. The Bertz CT molecular complexity index is 604. The first-order valence-electron chi connectivity index (χ1n) is 7.95. The second-order valence-electron chi connectivity index (χ2n) is 6.04. The normalized spacial score (nSPS) is 19.4. The Hall–Kier alpha value is -1.21. The fourth-order valence-electron chi connectivity index (χ4n) is 3.07. The molecule has 0 saturated carbocycles. The maximum absolute atomic E-state index is 12.4. The first-order chi connectivity index (χ1) is 11.1. The van der Waals surface area contributed by atoms with Crippen molar-refractivity contribution < 1.29 is 4.79 Å². The van der Waals surface area contributed by atoms with E-state index in [2.05, 4.69) is 46.6 Å². The van der Waals surface area contributed by atoms with Gasteiger partial charge in [0.15, 0.2) is 0 Å². The lowest BCUT2D eigenvalue weighted by molar-refractivity contribution is 0.0802. The third-order valence-electron chi connectivity index (χ3n) is 4.34. The summed E-state index contributed by atoms with van der Waals surface area (Å²) in [5.41, 5.74) is 0. The van der Waals surface area contributed by atoms with Crippen molar-refractivity contribution in [2.75, 3.05) is 33.2 Å². The van der Waals surface area contributed by atoms with Crippen LogP contribution in [-0.2, 0) is 0 Å². The number of piperazine rings is 1. The average Bonchev–Trinajstić information content (AvgIpc) is 3.22. The van der Waals surface area contributed by atoms with Crippen molar-refractivity contribution in [1.29, 1.82) is 0 Å². The van der Waals surface area contributed by atoms with E-state index in [-0.39, 0.29) is 18.0 Å². The lowest BCUT2D eigenvalue weighted by Crippen LogP contribution is -2.51. The van der Waals surface area contributed by atoms with Crippen LogP contribution in [0.5, 0.6) is 0 Å². The Morgan fingerprint density at radius 2 is 1.83 bits per heavy atom. The van der Waals surface area contributed by atoms with E-state index in [0.717, 1.165) is 31.1 Å². The van der Waals surface area contributed by atoms with Gasteiger partial charge in [0.1, 0.15) is 0 Å². The molecule has 2 atom stereocenters. The molecule has 2 aromatic heterocycles. The van der Waals surface area contributed by atoms with Crippen molar-refractivity contribution in [1.82, 2.24) is 15.1 Å². The highest BCUT2D eigenvalue weighted by atomic mass is 32.1. The summed E-state index contributed by atoms with van der Waals surface area (Å²) in [6.45, 7) is 6.35. The highest BCUT2D eigenvalue weighted by molar-refractivity contribution is 7.12. The fourth-order valence-corrected chi connectivity index (χ4v) is 4.66. The highest BCUT2D eigenvalue weighted by Crippen LogP contribution is 2.29. The number of likely N-dealkylation sites (N-methyl/N-ethyl adjacent to an activating group) is 1. The number of carbonyl (C=O) groups is 1. The van der Waals surface area contributed by atoms with E-state index in [1.54, 1.807) is 11.3 Å². The standard InChI is InChI=1S/C17H23N3OS2/c1-13(18-17(21)15-6-4-12-23-15)16(14-5-3-11-22-14)20-9-7-19(2)8-10-20/h3-6,11-13,16H,7-10H2,1-2H3,(H,18,21). The number of hydrogen-bond acceptors (Lipinski definition) is 5. The van der Waals surface area contributed by atoms with Gasteiger partial charge >= 0.3 is 0 Å². The molecule has 0 radical (unpaired) electrons. The van der Waals surface area contributed by atoms with Crippen LogP contribution in [0.25, 0.3) is 0 Å². The summed E-state index contributed by atoms with van der Waals surface area (Å²) < 4.78 is 0. The van der Waals surface area contributed by atoms with Crippen LogP contribution in [-0.4, -0.2) is 55.0 Å². The van der Waals surface area contributed by atoms with Crippen LogP contribution in [0.1, 0.15) is 27.5 Å². The minimum Gasteiger partial charge on any atom is -0.347 e. The SMILES string of the molecule is CC(NC(=O)c1cccs1)C(c1cccs1)N1CCN(C)CC1. The summed E-state index contributed by atoms with van der Waals surface area (Å²) in [6, 6.07) is 8.39. The second-order valence-corrected chi connectivity index (χ2v) is 7.97. The smallest absolute Gasteiger partial charge is 0.261 e. The molecule has 0 aliphatic carbocycles.